The Morgan fingerprint density at radius 1 is 0.943 bits per heavy atom. The number of halogens is 2. The number of carbonyl (C=O) groups excluding carboxylic acids is 1. The maximum atomic E-state index is 13.2. The maximum Gasteiger partial charge on any atom is 0.288 e. The Bertz CT molecular complexity index is 1310. The summed E-state index contributed by atoms with van der Waals surface area (Å²) in [4.78, 5) is 17.9. The Hall–Kier alpha value is -2.41. The van der Waals surface area contributed by atoms with E-state index in [1.165, 1.54) is 49.5 Å². The van der Waals surface area contributed by atoms with Crippen molar-refractivity contribution >= 4 is 63.0 Å². The molecule has 0 unspecified atom stereocenters. The molecule has 1 heterocycles. The molecule has 0 radical (unpaired) electrons. The molecule has 8 heteroatoms. The number of nitrogens with zero attached hydrogens (tertiary/aromatic N) is 1. The smallest absolute Gasteiger partial charge is 0.288 e. The Labute approximate surface area is 219 Å². The predicted octanol–water partition coefficient (Wildman–Crippen LogP) is 6.64. The van der Waals surface area contributed by atoms with Crippen LogP contribution in [0.15, 0.2) is 48.5 Å². The Kier molecular flexibility index (Phi) is 5.86. The first-order valence-corrected chi connectivity index (χ1v) is 13.3. The highest BCUT2D eigenvalue weighted by Gasteiger charge is 2.52. The lowest BCUT2D eigenvalue weighted by molar-refractivity contribution is -0.00454. The van der Waals surface area contributed by atoms with Crippen molar-refractivity contribution < 1.29 is 4.79 Å². The first kappa shape index (κ1) is 23.0. The number of benzene rings is 2. The van der Waals surface area contributed by atoms with Crippen LogP contribution in [-0.4, -0.2) is 16.0 Å². The first-order chi connectivity index (χ1) is 16.9. The summed E-state index contributed by atoms with van der Waals surface area (Å²) in [5.41, 5.74) is 8.70. The van der Waals surface area contributed by atoms with E-state index in [2.05, 4.69) is 28.3 Å². The van der Waals surface area contributed by atoms with E-state index in [4.69, 9.17) is 40.4 Å². The molecule has 4 aliphatic rings. The number of hydrogen-bond donors (Lipinski definition) is 3. The molecule has 4 saturated carbocycles. The molecule has 0 spiro atoms. The summed E-state index contributed by atoms with van der Waals surface area (Å²) in [7, 11) is 0. The fourth-order valence-corrected chi connectivity index (χ4v) is 7.59. The number of para-hydroxylation sites is 1. The summed E-state index contributed by atoms with van der Waals surface area (Å²) in [5, 5.41) is 5.33. The van der Waals surface area contributed by atoms with Crippen molar-refractivity contribution in [3.63, 3.8) is 0 Å². The second kappa shape index (κ2) is 8.91. The molecule has 4 bridgehead atoms. The Balaban J connectivity index is 1.25. The number of fused-ring (bicyclic) bond motifs is 1. The summed E-state index contributed by atoms with van der Waals surface area (Å²) in [5.74, 6) is 2.11. The molecule has 7 rings (SSSR count). The topological polar surface area (TPSA) is 66.1 Å². The van der Waals surface area contributed by atoms with Crippen LogP contribution in [0.1, 0.15) is 54.6 Å². The number of hydrazine groups is 1. The average molecular weight is 526 g/mol. The second-order valence-electron chi connectivity index (χ2n) is 10.4. The minimum atomic E-state index is -0.330. The van der Waals surface area contributed by atoms with Crippen LogP contribution in [0.5, 0.6) is 0 Å². The van der Waals surface area contributed by atoms with Crippen LogP contribution in [0.4, 0.5) is 5.69 Å². The fourth-order valence-electron chi connectivity index (χ4n) is 7.10. The van der Waals surface area contributed by atoms with Gasteiger partial charge in [0.2, 0.25) is 0 Å². The molecule has 180 valence electrons. The minimum Gasteiger partial charge on any atom is -0.330 e. The Morgan fingerprint density at radius 3 is 2.34 bits per heavy atom. The molecule has 1 aromatic heterocycles. The SMILES string of the molecule is O=C(NNC(=S)Nc1cc(Cl)ccc1Cl)c1cc(C23CC4CC(CC(C4)C2)C3)c2ccccc2n1. The third-order valence-electron chi connectivity index (χ3n) is 8.02. The van der Waals surface area contributed by atoms with E-state index in [0.717, 1.165) is 23.3 Å². The molecule has 4 fully saturated rings. The zero-order chi connectivity index (χ0) is 24.2. The molecule has 0 saturated heterocycles. The van der Waals surface area contributed by atoms with E-state index < -0.39 is 0 Å². The third-order valence-corrected chi connectivity index (χ3v) is 8.79. The van der Waals surface area contributed by atoms with Gasteiger partial charge >= 0.3 is 0 Å². The van der Waals surface area contributed by atoms with Crippen molar-refractivity contribution in [3.05, 3.63) is 69.8 Å². The van der Waals surface area contributed by atoms with Crippen LogP contribution in [0, 0.1) is 17.8 Å². The van der Waals surface area contributed by atoms with Gasteiger partial charge in [0.05, 0.1) is 16.2 Å². The summed E-state index contributed by atoms with van der Waals surface area (Å²) in [6, 6.07) is 15.3. The fraction of sp³-hybridized carbons (Fsp3) is 0.370. The lowest BCUT2D eigenvalue weighted by Gasteiger charge is -2.57. The molecule has 3 N–H and O–H groups in total. The van der Waals surface area contributed by atoms with E-state index in [0.29, 0.717) is 21.4 Å². The van der Waals surface area contributed by atoms with E-state index >= 15 is 0 Å². The predicted molar refractivity (Wildman–Crippen MR) is 145 cm³/mol. The van der Waals surface area contributed by atoms with Gasteiger partial charge < -0.3 is 5.32 Å². The highest BCUT2D eigenvalue weighted by molar-refractivity contribution is 7.80. The summed E-state index contributed by atoms with van der Waals surface area (Å²) in [6.45, 7) is 0. The van der Waals surface area contributed by atoms with Crippen molar-refractivity contribution in [2.75, 3.05) is 5.32 Å². The summed E-state index contributed by atoms with van der Waals surface area (Å²) in [6.07, 6.45) is 7.80. The number of carbonyl (C=O) groups is 1. The average Bonchev–Trinajstić information content (AvgIpc) is 2.83. The molecule has 4 aliphatic carbocycles. The van der Waals surface area contributed by atoms with Crippen molar-refractivity contribution in [2.45, 2.75) is 43.9 Å². The zero-order valence-corrected chi connectivity index (χ0v) is 21.4. The molecule has 0 atom stereocenters. The highest BCUT2D eigenvalue weighted by atomic mass is 35.5. The molecular formula is C27H26Cl2N4OS. The first-order valence-electron chi connectivity index (χ1n) is 12.1. The van der Waals surface area contributed by atoms with Gasteiger partial charge in [-0.1, -0.05) is 41.4 Å². The van der Waals surface area contributed by atoms with Gasteiger partial charge in [-0.05, 0) is 110 Å². The van der Waals surface area contributed by atoms with Crippen molar-refractivity contribution in [3.8, 4) is 0 Å². The van der Waals surface area contributed by atoms with Crippen molar-refractivity contribution in [2.24, 2.45) is 17.8 Å². The number of anilines is 1. The molecule has 35 heavy (non-hydrogen) atoms. The van der Waals surface area contributed by atoms with E-state index in [1.54, 1.807) is 18.2 Å². The van der Waals surface area contributed by atoms with Crippen molar-refractivity contribution in [1.82, 2.24) is 15.8 Å². The van der Waals surface area contributed by atoms with Gasteiger partial charge in [-0.2, -0.15) is 0 Å². The van der Waals surface area contributed by atoms with E-state index in [9.17, 15) is 4.79 Å². The largest absolute Gasteiger partial charge is 0.330 e. The molecule has 5 nitrogen and oxygen atoms in total. The van der Waals surface area contributed by atoms with Gasteiger partial charge in [0.25, 0.3) is 5.91 Å². The second-order valence-corrected chi connectivity index (χ2v) is 11.7. The molecule has 1 amide bonds. The van der Waals surface area contributed by atoms with Crippen LogP contribution in [0.2, 0.25) is 10.0 Å². The highest BCUT2D eigenvalue weighted by Crippen LogP contribution is 2.61. The van der Waals surface area contributed by atoms with Gasteiger partial charge in [-0.25, -0.2) is 4.98 Å². The van der Waals surface area contributed by atoms with E-state index in [-0.39, 0.29) is 16.4 Å². The molecule has 0 aliphatic heterocycles. The number of rotatable bonds is 3. The number of pyridine rings is 1. The summed E-state index contributed by atoms with van der Waals surface area (Å²) < 4.78 is 0. The van der Waals surface area contributed by atoms with Gasteiger partial charge in [0, 0.05) is 10.4 Å². The van der Waals surface area contributed by atoms with Crippen LogP contribution in [0.3, 0.4) is 0 Å². The standard InChI is InChI=1S/C27H26Cl2N4OS/c28-18-5-6-21(29)23(10-18)31-26(35)33-32-25(34)24-11-20(19-3-1-2-4-22(19)30-24)27-12-15-7-16(13-27)9-17(8-15)14-27/h1-6,10-11,15-17H,7-9,12-14H2,(H,32,34)(H2,31,33,35). The quantitative estimate of drug-likeness (QED) is 0.264. The molecule has 2 aromatic carbocycles. The van der Waals surface area contributed by atoms with Crippen LogP contribution >= 0.6 is 35.4 Å². The minimum absolute atomic E-state index is 0.153. The summed E-state index contributed by atoms with van der Waals surface area (Å²) >= 11 is 17.6. The van der Waals surface area contributed by atoms with Crippen LogP contribution < -0.4 is 16.2 Å². The van der Waals surface area contributed by atoms with Gasteiger partial charge in [-0.3, -0.25) is 15.6 Å². The van der Waals surface area contributed by atoms with Gasteiger partial charge in [0.15, 0.2) is 5.11 Å². The molecule has 3 aromatic rings. The van der Waals surface area contributed by atoms with Crippen LogP contribution in [-0.2, 0) is 5.41 Å². The normalized spacial score (nSPS) is 26.5. The van der Waals surface area contributed by atoms with Gasteiger partial charge in [0.1, 0.15) is 5.69 Å². The lowest BCUT2D eigenvalue weighted by atomic mass is 9.48. The number of nitrogens with one attached hydrogen (secondary N) is 3. The van der Waals surface area contributed by atoms with Crippen LogP contribution in [0.25, 0.3) is 10.9 Å². The Morgan fingerprint density at radius 2 is 1.63 bits per heavy atom. The lowest BCUT2D eigenvalue weighted by Crippen LogP contribution is -2.49. The monoisotopic (exact) mass is 524 g/mol. The van der Waals surface area contributed by atoms with Crippen molar-refractivity contribution in [1.29, 1.82) is 0 Å². The third kappa shape index (κ3) is 4.37. The van der Waals surface area contributed by atoms with Gasteiger partial charge in [-0.15, -0.1) is 0 Å². The number of hydrogen-bond acceptors (Lipinski definition) is 3. The maximum absolute atomic E-state index is 13.2. The number of amides is 1. The van der Waals surface area contributed by atoms with E-state index in [1.807, 2.05) is 18.2 Å². The molecular weight excluding hydrogens is 499 g/mol. The number of aromatic nitrogens is 1. The number of thiocarbonyl (C=S) groups is 1. The zero-order valence-electron chi connectivity index (χ0n) is 19.1.